The minimum Gasteiger partial charge on any atom is -0.300 e. The molecule has 1 heterocycles. The second kappa shape index (κ2) is 4.96. The first kappa shape index (κ1) is 11.8. The van der Waals surface area contributed by atoms with Crippen LogP contribution in [0.4, 0.5) is 0 Å². The van der Waals surface area contributed by atoms with E-state index >= 15 is 0 Å². The molecule has 1 aliphatic heterocycles. The van der Waals surface area contributed by atoms with Gasteiger partial charge in [0.2, 0.25) is 0 Å². The summed E-state index contributed by atoms with van der Waals surface area (Å²) in [5, 5.41) is 7.97. The number of sulfone groups is 1. The van der Waals surface area contributed by atoms with Gasteiger partial charge in [0.1, 0.15) is 5.38 Å². The summed E-state index contributed by atoms with van der Waals surface area (Å²) in [6.45, 7) is 1.66. The second-order valence-electron chi connectivity index (χ2n) is 3.40. The number of nitriles is 1. The molecule has 0 bridgehead atoms. The second-order valence-corrected chi connectivity index (χ2v) is 6.23. The molecule has 1 atom stereocenters. The van der Waals surface area contributed by atoms with Gasteiger partial charge < -0.3 is 0 Å². The SMILES string of the molecule is N#CC(Cl)CN1CCCS(=O)(=O)CC1. The Morgan fingerprint density at radius 1 is 1.43 bits per heavy atom. The largest absolute Gasteiger partial charge is 0.300 e. The van der Waals surface area contributed by atoms with Crippen molar-refractivity contribution in [1.29, 1.82) is 5.26 Å². The summed E-state index contributed by atoms with van der Waals surface area (Å²) in [6.07, 6.45) is 0.636. The van der Waals surface area contributed by atoms with Crippen LogP contribution in [0, 0.1) is 11.3 Å². The van der Waals surface area contributed by atoms with Gasteiger partial charge in [-0.05, 0) is 13.0 Å². The standard InChI is InChI=1S/C8H13ClN2O2S/c9-8(6-10)7-11-2-1-4-14(12,13)5-3-11/h8H,1-5,7H2. The predicted octanol–water partition coefficient (Wildman–Crippen LogP) is 0.238. The van der Waals surface area contributed by atoms with Gasteiger partial charge >= 0.3 is 0 Å². The predicted molar refractivity (Wildman–Crippen MR) is 55.0 cm³/mol. The van der Waals surface area contributed by atoms with Crippen molar-refractivity contribution in [2.45, 2.75) is 11.8 Å². The Labute approximate surface area is 89.4 Å². The van der Waals surface area contributed by atoms with Crippen LogP contribution in [0.25, 0.3) is 0 Å². The Kier molecular flexibility index (Phi) is 4.17. The summed E-state index contributed by atoms with van der Waals surface area (Å²) in [5.74, 6) is 0.436. The van der Waals surface area contributed by atoms with Crippen LogP contribution in [0.5, 0.6) is 0 Å². The van der Waals surface area contributed by atoms with Crippen LogP contribution in [-0.4, -0.2) is 49.8 Å². The van der Waals surface area contributed by atoms with E-state index < -0.39 is 15.2 Å². The minimum absolute atomic E-state index is 0.183. The van der Waals surface area contributed by atoms with Crippen molar-refractivity contribution in [3.05, 3.63) is 0 Å². The lowest BCUT2D eigenvalue weighted by molar-refractivity contribution is 0.304. The van der Waals surface area contributed by atoms with Crippen molar-refractivity contribution < 1.29 is 8.42 Å². The summed E-state index contributed by atoms with van der Waals surface area (Å²) < 4.78 is 22.5. The molecule has 0 radical (unpaired) electrons. The molecule has 6 heteroatoms. The average molecular weight is 237 g/mol. The molecule has 1 aliphatic rings. The Balaban J connectivity index is 2.47. The van der Waals surface area contributed by atoms with Crippen molar-refractivity contribution in [1.82, 2.24) is 4.90 Å². The molecule has 0 aliphatic carbocycles. The topological polar surface area (TPSA) is 61.2 Å². The maximum atomic E-state index is 11.2. The van der Waals surface area contributed by atoms with Gasteiger partial charge in [0.25, 0.3) is 0 Å². The summed E-state index contributed by atoms with van der Waals surface area (Å²) in [5.41, 5.74) is 0. The quantitative estimate of drug-likeness (QED) is 0.645. The van der Waals surface area contributed by atoms with E-state index in [1.54, 1.807) is 0 Å². The molecule has 4 nitrogen and oxygen atoms in total. The van der Waals surface area contributed by atoms with E-state index in [-0.39, 0.29) is 11.5 Å². The maximum Gasteiger partial charge on any atom is 0.151 e. The van der Waals surface area contributed by atoms with Crippen LogP contribution < -0.4 is 0 Å². The van der Waals surface area contributed by atoms with Crippen molar-refractivity contribution in [2.75, 3.05) is 31.1 Å². The van der Waals surface area contributed by atoms with Gasteiger partial charge in [-0.1, -0.05) is 0 Å². The maximum absolute atomic E-state index is 11.2. The molecule has 1 unspecified atom stereocenters. The summed E-state index contributed by atoms with van der Waals surface area (Å²) in [4.78, 5) is 1.94. The first-order valence-electron chi connectivity index (χ1n) is 4.50. The molecule has 14 heavy (non-hydrogen) atoms. The van der Waals surface area contributed by atoms with Crippen molar-refractivity contribution >= 4 is 21.4 Å². The fraction of sp³-hybridized carbons (Fsp3) is 0.875. The van der Waals surface area contributed by atoms with Crippen LogP contribution in [0.15, 0.2) is 0 Å². The number of alkyl halides is 1. The van der Waals surface area contributed by atoms with Gasteiger partial charge in [-0.25, -0.2) is 8.42 Å². The van der Waals surface area contributed by atoms with Crippen molar-refractivity contribution in [2.24, 2.45) is 0 Å². The van der Waals surface area contributed by atoms with E-state index in [1.165, 1.54) is 0 Å². The van der Waals surface area contributed by atoms with Gasteiger partial charge in [0.15, 0.2) is 9.84 Å². The first-order valence-corrected chi connectivity index (χ1v) is 6.76. The Morgan fingerprint density at radius 2 is 2.14 bits per heavy atom. The van der Waals surface area contributed by atoms with E-state index in [2.05, 4.69) is 0 Å². The zero-order valence-electron chi connectivity index (χ0n) is 7.82. The van der Waals surface area contributed by atoms with Gasteiger partial charge in [-0.15, -0.1) is 11.6 Å². The van der Waals surface area contributed by atoms with Gasteiger partial charge in [0, 0.05) is 13.1 Å². The van der Waals surface area contributed by atoms with E-state index in [4.69, 9.17) is 16.9 Å². The molecule has 1 fully saturated rings. The van der Waals surface area contributed by atoms with Crippen LogP contribution >= 0.6 is 11.6 Å². The highest BCUT2D eigenvalue weighted by Crippen LogP contribution is 2.07. The molecule has 0 amide bonds. The minimum atomic E-state index is -2.86. The van der Waals surface area contributed by atoms with Crippen molar-refractivity contribution in [3.8, 4) is 6.07 Å². The molecule has 1 rings (SSSR count). The number of nitrogens with zero attached hydrogens (tertiary/aromatic N) is 2. The lowest BCUT2D eigenvalue weighted by Gasteiger charge is -2.18. The molecule has 0 aromatic heterocycles. The molecule has 0 aromatic rings. The summed E-state index contributed by atoms with van der Waals surface area (Å²) in [7, 11) is -2.86. The highest BCUT2D eigenvalue weighted by Gasteiger charge is 2.20. The third kappa shape index (κ3) is 3.82. The van der Waals surface area contributed by atoms with Crippen LogP contribution in [0.1, 0.15) is 6.42 Å². The normalized spacial score (nSPS) is 24.9. The van der Waals surface area contributed by atoms with Crippen LogP contribution in [0.2, 0.25) is 0 Å². The van der Waals surface area contributed by atoms with Crippen LogP contribution in [0.3, 0.4) is 0 Å². The summed E-state index contributed by atoms with van der Waals surface area (Å²) in [6, 6.07) is 1.93. The first-order chi connectivity index (χ1) is 6.53. The smallest absolute Gasteiger partial charge is 0.151 e. The third-order valence-electron chi connectivity index (χ3n) is 2.21. The van der Waals surface area contributed by atoms with Gasteiger partial charge in [-0.3, -0.25) is 4.90 Å². The zero-order chi connectivity index (χ0) is 10.6. The highest BCUT2D eigenvalue weighted by atomic mass is 35.5. The third-order valence-corrected chi connectivity index (χ3v) is 4.16. The zero-order valence-corrected chi connectivity index (χ0v) is 9.39. The highest BCUT2D eigenvalue weighted by molar-refractivity contribution is 7.91. The fourth-order valence-corrected chi connectivity index (χ4v) is 2.94. The average Bonchev–Trinajstić information content (AvgIpc) is 2.28. The van der Waals surface area contributed by atoms with Crippen LogP contribution in [-0.2, 0) is 9.84 Å². The van der Waals surface area contributed by atoms with E-state index in [1.807, 2.05) is 11.0 Å². The molecule has 0 saturated carbocycles. The fourth-order valence-electron chi connectivity index (χ4n) is 1.44. The number of rotatable bonds is 2. The van der Waals surface area contributed by atoms with Crippen molar-refractivity contribution in [3.63, 3.8) is 0 Å². The number of hydrogen-bond acceptors (Lipinski definition) is 4. The Morgan fingerprint density at radius 3 is 2.79 bits per heavy atom. The van der Waals surface area contributed by atoms with E-state index in [9.17, 15) is 8.42 Å². The Hall–Kier alpha value is -0.310. The number of halogens is 1. The molecule has 80 valence electrons. The van der Waals surface area contributed by atoms with E-state index in [0.29, 0.717) is 26.1 Å². The molecular weight excluding hydrogens is 224 g/mol. The monoisotopic (exact) mass is 236 g/mol. The number of hydrogen-bond donors (Lipinski definition) is 0. The Bertz CT molecular complexity index is 323. The molecule has 0 spiro atoms. The lowest BCUT2D eigenvalue weighted by atomic mass is 10.3. The lowest BCUT2D eigenvalue weighted by Crippen LogP contribution is -2.32. The van der Waals surface area contributed by atoms with E-state index in [0.717, 1.165) is 0 Å². The summed E-state index contributed by atoms with van der Waals surface area (Å²) >= 11 is 5.67. The molecular formula is C8H13ClN2O2S. The molecule has 1 saturated heterocycles. The van der Waals surface area contributed by atoms with Gasteiger partial charge in [-0.2, -0.15) is 5.26 Å². The molecule has 0 aromatic carbocycles. The molecule has 0 N–H and O–H groups in total. The van der Waals surface area contributed by atoms with Gasteiger partial charge in [0.05, 0.1) is 17.6 Å².